The van der Waals surface area contributed by atoms with E-state index in [0.29, 0.717) is 18.5 Å². The predicted octanol–water partition coefficient (Wildman–Crippen LogP) is 2.63. The standard InChI is InChI=1S/C12H25NO2S/c1-10(2)6-5-9-13(12-7-8-12)16(14,15)11(3)4/h10-12H,5-9H2,1-4H3. The van der Waals surface area contributed by atoms with E-state index >= 15 is 0 Å². The van der Waals surface area contributed by atoms with Crippen molar-refractivity contribution in [3.63, 3.8) is 0 Å². The maximum atomic E-state index is 12.1. The number of nitrogens with zero attached hydrogens (tertiary/aromatic N) is 1. The lowest BCUT2D eigenvalue weighted by atomic mass is 10.1. The van der Waals surface area contributed by atoms with Gasteiger partial charge >= 0.3 is 0 Å². The molecule has 0 aromatic heterocycles. The van der Waals surface area contributed by atoms with E-state index in [9.17, 15) is 8.42 Å². The number of hydrogen-bond acceptors (Lipinski definition) is 2. The molecule has 0 radical (unpaired) electrons. The first-order valence-corrected chi connectivity index (χ1v) is 7.86. The lowest BCUT2D eigenvalue weighted by molar-refractivity contribution is 0.376. The number of sulfonamides is 1. The topological polar surface area (TPSA) is 37.4 Å². The van der Waals surface area contributed by atoms with Crippen LogP contribution in [0.2, 0.25) is 0 Å². The van der Waals surface area contributed by atoms with Crippen molar-refractivity contribution in [1.29, 1.82) is 0 Å². The third kappa shape index (κ3) is 3.74. The lowest BCUT2D eigenvalue weighted by Crippen LogP contribution is -2.38. The molecule has 4 heteroatoms. The average Bonchev–Trinajstić information content (AvgIpc) is 2.94. The van der Waals surface area contributed by atoms with Crippen LogP contribution in [0.15, 0.2) is 0 Å². The van der Waals surface area contributed by atoms with Gasteiger partial charge in [-0.1, -0.05) is 13.8 Å². The third-order valence-corrected chi connectivity index (χ3v) is 5.36. The highest BCUT2D eigenvalue weighted by atomic mass is 32.2. The summed E-state index contributed by atoms with van der Waals surface area (Å²) in [6, 6.07) is 0.305. The van der Waals surface area contributed by atoms with Gasteiger partial charge in [0.15, 0.2) is 0 Å². The molecule has 1 aliphatic rings. The molecule has 3 nitrogen and oxygen atoms in total. The molecule has 1 saturated carbocycles. The second-order valence-electron chi connectivity index (χ2n) is 5.47. The fraction of sp³-hybridized carbons (Fsp3) is 1.00. The quantitative estimate of drug-likeness (QED) is 0.693. The predicted molar refractivity (Wildman–Crippen MR) is 67.9 cm³/mol. The molecular formula is C12H25NO2S. The van der Waals surface area contributed by atoms with Gasteiger partial charge in [-0.2, -0.15) is 4.31 Å². The second kappa shape index (κ2) is 5.50. The minimum Gasteiger partial charge on any atom is -0.212 e. The van der Waals surface area contributed by atoms with Gasteiger partial charge in [-0.3, -0.25) is 0 Å². The minimum absolute atomic E-state index is 0.285. The van der Waals surface area contributed by atoms with Crippen LogP contribution in [0.4, 0.5) is 0 Å². The molecule has 0 N–H and O–H groups in total. The highest BCUT2D eigenvalue weighted by Crippen LogP contribution is 2.31. The van der Waals surface area contributed by atoms with Gasteiger partial charge in [0.1, 0.15) is 0 Å². The summed E-state index contributed by atoms with van der Waals surface area (Å²) in [6.07, 6.45) is 4.19. The zero-order chi connectivity index (χ0) is 12.3. The smallest absolute Gasteiger partial charge is 0.212 e. The second-order valence-corrected chi connectivity index (χ2v) is 7.91. The highest BCUT2D eigenvalue weighted by Gasteiger charge is 2.37. The van der Waals surface area contributed by atoms with E-state index in [1.54, 1.807) is 18.2 Å². The van der Waals surface area contributed by atoms with E-state index in [-0.39, 0.29) is 5.25 Å². The van der Waals surface area contributed by atoms with Crippen molar-refractivity contribution >= 4 is 10.0 Å². The van der Waals surface area contributed by atoms with Crippen LogP contribution in [0.3, 0.4) is 0 Å². The molecule has 0 atom stereocenters. The Kier molecular flexibility index (Phi) is 4.80. The molecule has 1 rings (SSSR count). The van der Waals surface area contributed by atoms with Gasteiger partial charge in [0, 0.05) is 12.6 Å². The van der Waals surface area contributed by atoms with E-state index in [1.807, 2.05) is 0 Å². The Hall–Kier alpha value is -0.0900. The van der Waals surface area contributed by atoms with Crippen molar-refractivity contribution in [3.8, 4) is 0 Å². The molecule has 0 amide bonds. The van der Waals surface area contributed by atoms with Crippen LogP contribution in [0.25, 0.3) is 0 Å². The molecule has 0 aliphatic heterocycles. The number of hydrogen-bond donors (Lipinski definition) is 0. The monoisotopic (exact) mass is 247 g/mol. The largest absolute Gasteiger partial charge is 0.216 e. The van der Waals surface area contributed by atoms with Gasteiger partial charge in [-0.15, -0.1) is 0 Å². The SMILES string of the molecule is CC(C)CCCN(C1CC1)S(=O)(=O)C(C)C. The Bertz CT molecular complexity index is 305. The molecule has 1 aliphatic carbocycles. The van der Waals surface area contributed by atoms with E-state index in [2.05, 4.69) is 13.8 Å². The van der Waals surface area contributed by atoms with Gasteiger partial charge in [-0.25, -0.2) is 8.42 Å². The van der Waals surface area contributed by atoms with Crippen LogP contribution in [0.1, 0.15) is 53.4 Å². The first-order chi connectivity index (χ1) is 7.35. The molecule has 0 heterocycles. The number of rotatable bonds is 7. The van der Waals surface area contributed by atoms with Gasteiger partial charge in [0.2, 0.25) is 10.0 Å². The summed E-state index contributed by atoms with van der Waals surface area (Å²) in [5.41, 5.74) is 0. The van der Waals surface area contributed by atoms with Crippen molar-refractivity contribution in [2.75, 3.05) is 6.54 Å². The van der Waals surface area contributed by atoms with Crippen molar-refractivity contribution < 1.29 is 8.42 Å². The molecule has 0 saturated heterocycles. The first kappa shape index (κ1) is 14.0. The Balaban J connectivity index is 2.55. The zero-order valence-corrected chi connectivity index (χ0v) is 11.8. The Morgan fingerprint density at radius 1 is 1.19 bits per heavy atom. The zero-order valence-electron chi connectivity index (χ0n) is 10.9. The summed E-state index contributed by atoms with van der Waals surface area (Å²) >= 11 is 0. The average molecular weight is 247 g/mol. The molecule has 0 aromatic carbocycles. The molecule has 0 bridgehead atoms. The summed E-state index contributed by atoms with van der Waals surface area (Å²) in [5, 5.41) is -0.285. The van der Waals surface area contributed by atoms with Gasteiger partial charge < -0.3 is 0 Å². The van der Waals surface area contributed by atoms with Crippen LogP contribution in [-0.4, -0.2) is 30.6 Å². The molecule has 96 valence electrons. The van der Waals surface area contributed by atoms with Crippen molar-refractivity contribution in [2.45, 2.75) is 64.7 Å². The fourth-order valence-electron chi connectivity index (χ4n) is 1.81. The summed E-state index contributed by atoms with van der Waals surface area (Å²) in [7, 11) is -3.04. The van der Waals surface area contributed by atoms with Crippen molar-refractivity contribution in [1.82, 2.24) is 4.31 Å². The molecular weight excluding hydrogens is 222 g/mol. The van der Waals surface area contributed by atoms with Crippen molar-refractivity contribution in [3.05, 3.63) is 0 Å². The van der Waals surface area contributed by atoms with Crippen molar-refractivity contribution in [2.24, 2.45) is 5.92 Å². The normalized spacial score (nSPS) is 17.7. The molecule has 0 spiro atoms. The fourth-order valence-corrected chi connectivity index (χ4v) is 3.36. The Morgan fingerprint density at radius 2 is 1.75 bits per heavy atom. The molecule has 0 unspecified atom stereocenters. The summed E-state index contributed by atoms with van der Waals surface area (Å²) in [4.78, 5) is 0. The van der Waals surface area contributed by atoms with Gasteiger partial charge in [0.05, 0.1) is 5.25 Å². The van der Waals surface area contributed by atoms with Crippen LogP contribution in [0, 0.1) is 5.92 Å². The summed E-state index contributed by atoms with van der Waals surface area (Å²) < 4.78 is 26.0. The van der Waals surface area contributed by atoms with Crippen LogP contribution in [-0.2, 0) is 10.0 Å². The summed E-state index contributed by atoms with van der Waals surface area (Å²) in [5.74, 6) is 0.655. The third-order valence-electron chi connectivity index (χ3n) is 3.04. The summed E-state index contributed by atoms with van der Waals surface area (Å²) in [6.45, 7) is 8.61. The van der Waals surface area contributed by atoms with Gasteiger partial charge in [-0.05, 0) is 45.4 Å². The molecule has 16 heavy (non-hydrogen) atoms. The van der Waals surface area contributed by atoms with Crippen LogP contribution >= 0.6 is 0 Å². The van der Waals surface area contributed by atoms with Gasteiger partial charge in [0.25, 0.3) is 0 Å². The van der Waals surface area contributed by atoms with E-state index in [1.165, 1.54) is 0 Å². The van der Waals surface area contributed by atoms with Crippen LogP contribution in [0.5, 0.6) is 0 Å². The molecule has 0 aromatic rings. The highest BCUT2D eigenvalue weighted by molar-refractivity contribution is 7.89. The Labute approximate surface area is 100 Å². The van der Waals surface area contributed by atoms with E-state index < -0.39 is 10.0 Å². The van der Waals surface area contributed by atoms with Crippen LogP contribution < -0.4 is 0 Å². The van der Waals surface area contributed by atoms with E-state index in [0.717, 1.165) is 25.7 Å². The molecule has 1 fully saturated rings. The minimum atomic E-state index is -3.04. The maximum absolute atomic E-state index is 12.1. The maximum Gasteiger partial charge on any atom is 0.216 e. The van der Waals surface area contributed by atoms with E-state index in [4.69, 9.17) is 0 Å². The lowest BCUT2D eigenvalue weighted by Gasteiger charge is -2.24. The Morgan fingerprint density at radius 3 is 2.12 bits per heavy atom. The first-order valence-electron chi connectivity index (χ1n) is 6.36.